The Kier molecular flexibility index (Phi) is 4.97. The molecule has 1 fully saturated rings. The molecule has 21 heavy (non-hydrogen) atoms. The number of ether oxygens (including phenoxy) is 1. The summed E-state index contributed by atoms with van der Waals surface area (Å²) < 4.78 is 5.27. The van der Waals surface area contributed by atoms with Gasteiger partial charge in [-0.3, -0.25) is 14.9 Å². The first-order valence-corrected chi connectivity index (χ1v) is 7.04. The van der Waals surface area contributed by atoms with Gasteiger partial charge in [-0.25, -0.2) is 0 Å². The molecular formula is C14H19N3O4. The van der Waals surface area contributed by atoms with E-state index in [1.165, 1.54) is 6.07 Å². The Hall–Kier alpha value is -2.31. The smallest absolute Gasteiger partial charge is 0.311 e. The van der Waals surface area contributed by atoms with Gasteiger partial charge in [-0.2, -0.15) is 0 Å². The zero-order valence-electron chi connectivity index (χ0n) is 11.9. The minimum absolute atomic E-state index is 0.0249. The Labute approximate surface area is 122 Å². The predicted molar refractivity (Wildman–Crippen MR) is 78.5 cm³/mol. The highest BCUT2D eigenvalue weighted by Crippen LogP contribution is 2.30. The van der Waals surface area contributed by atoms with E-state index in [0.717, 1.165) is 12.8 Å². The number of anilines is 1. The van der Waals surface area contributed by atoms with Gasteiger partial charge in [0.2, 0.25) is 5.91 Å². The fraction of sp³-hybridized carbons (Fsp3) is 0.500. The molecule has 1 aliphatic carbocycles. The van der Waals surface area contributed by atoms with Crippen molar-refractivity contribution in [3.05, 3.63) is 28.3 Å². The summed E-state index contributed by atoms with van der Waals surface area (Å²) in [5, 5.41) is 16.8. The van der Waals surface area contributed by atoms with Crippen LogP contribution in [0.15, 0.2) is 18.2 Å². The van der Waals surface area contributed by atoms with Crippen LogP contribution in [0.5, 0.6) is 5.75 Å². The third kappa shape index (κ3) is 4.62. The van der Waals surface area contributed by atoms with E-state index in [4.69, 9.17) is 4.74 Å². The van der Waals surface area contributed by atoms with Crippen LogP contribution >= 0.6 is 0 Å². The number of amides is 1. The average molecular weight is 293 g/mol. The average Bonchev–Trinajstić information content (AvgIpc) is 3.23. The van der Waals surface area contributed by atoms with E-state index in [1.54, 1.807) is 19.1 Å². The van der Waals surface area contributed by atoms with Crippen LogP contribution in [-0.2, 0) is 4.79 Å². The van der Waals surface area contributed by atoms with E-state index in [2.05, 4.69) is 10.6 Å². The van der Waals surface area contributed by atoms with Crippen molar-refractivity contribution in [3.8, 4) is 5.75 Å². The second-order valence-electron chi connectivity index (χ2n) is 4.89. The topological polar surface area (TPSA) is 93.5 Å². The van der Waals surface area contributed by atoms with Crippen LogP contribution in [0.25, 0.3) is 0 Å². The molecular weight excluding hydrogens is 274 g/mol. The second kappa shape index (κ2) is 6.92. The Morgan fingerprint density at radius 3 is 2.86 bits per heavy atom. The molecule has 2 rings (SSSR count). The van der Waals surface area contributed by atoms with Crippen molar-refractivity contribution in [1.29, 1.82) is 0 Å². The molecule has 7 heteroatoms. The number of hydrogen-bond donors (Lipinski definition) is 2. The first-order valence-electron chi connectivity index (χ1n) is 7.04. The molecule has 1 aromatic rings. The molecule has 0 heterocycles. The molecule has 0 unspecified atom stereocenters. The summed E-state index contributed by atoms with van der Waals surface area (Å²) in [7, 11) is 0. The third-order valence-electron chi connectivity index (χ3n) is 3.08. The van der Waals surface area contributed by atoms with Crippen molar-refractivity contribution in [2.24, 2.45) is 0 Å². The second-order valence-corrected chi connectivity index (χ2v) is 4.89. The maximum absolute atomic E-state index is 11.5. The molecule has 0 atom stereocenters. The number of benzene rings is 1. The predicted octanol–water partition coefficient (Wildman–Crippen LogP) is 2.07. The number of rotatable bonds is 8. The normalized spacial score (nSPS) is 13.6. The van der Waals surface area contributed by atoms with E-state index in [0.29, 0.717) is 31.3 Å². The summed E-state index contributed by atoms with van der Waals surface area (Å²) >= 11 is 0. The minimum Gasteiger partial charge on any atom is -0.487 e. The van der Waals surface area contributed by atoms with Gasteiger partial charge in [0, 0.05) is 36.8 Å². The summed E-state index contributed by atoms with van der Waals surface area (Å²) in [6.07, 6.45) is 2.51. The molecule has 1 aromatic carbocycles. The van der Waals surface area contributed by atoms with Crippen molar-refractivity contribution in [2.75, 3.05) is 18.5 Å². The van der Waals surface area contributed by atoms with Crippen LogP contribution in [0.4, 0.5) is 11.4 Å². The Morgan fingerprint density at radius 2 is 2.24 bits per heavy atom. The maximum Gasteiger partial charge on any atom is 0.311 e. The molecule has 114 valence electrons. The maximum atomic E-state index is 11.5. The molecule has 1 aliphatic rings. The lowest BCUT2D eigenvalue weighted by atomic mass is 10.2. The van der Waals surface area contributed by atoms with Gasteiger partial charge in [-0.15, -0.1) is 0 Å². The summed E-state index contributed by atoms with van der Waals surface area (Å²) in [6, 6.07) is 4.96. The number of nitrogens with zero attached hydrogens (tertiary/aromatic N) is 1. The van der Waals surface area contributed by atoms with Gasteiger partial charge in [-0.05, 0) is 25.8 Å². The summed E-state index contributed by atoms with van der Waals surface area (Å²) in [5.74, 6) is 0.256. The molecule has 1 saturated carbocycles. The lowest BCUT2D eigenvalue weighted by Gasteiger charge is -2.09. The molecule has 0 spiro atoms. The zero-order chi connectivity index (χ0) is 15.2. The van der Waals surface area contributed by atoms with E-state index < -0.39 is 4.92 Å². The SMILES string of the molecule is CCOc1cc(NCCC(=O)NC2CC2)ccc1[N+](=O)[O-]. The van der Waals surface area contributed by atoms with Gasteiger partial charge in [-0.1, -0.05) is 0 Å². The van der Waals surface area contributed by atoms with Crippen LogP contribution in [0.2, 0.25) is 0 Å². The van der Waals surface area contributed by atoms with Crippen molar-refractivity contribution < 1.29 is 14.5 Å². The number of nitrogens with one attached hydrogen (secondary N) is 2. The van der Waals surface area contributed by atoms with Crippen molar-refractivity contribution in [2.45, 2.75) is 32.2 Å². The Balaban J connectivity index is 1.88. The monoisotopic (exact) mass is 293 g/mol. The van der Waals surface area contributed by atoms with Crippen LogP contribution in [0.3, 0.4) is 0 Å². The van der Waals surface area contributed by atoms with E-state index >= 15 is 0 Å². The highest BCUT2D eigenvalue weighted by atomic mass is 16.6. The number of nitro benzene ring substituents is 1. The number of carbonyl (C=O) groups excluding carboxylic acids is 1. The van der Waals surface area contributed by atoms with E-state index in [1.807, 2.05) is 0 Å². The van der Waals surface area contributed by atoms with Crippen LogP contribution < -0.4 is 15.4 Å². The molecule has 7 nitrogen and oxygen atoms in total. The molecule has 2 N–H and O–H groups in total. The van der Waals surface area contributed by atoms with Crippen molar-refractivity contribution >= 4 is 17.3 Å². The fourth-order valence-corrected chi connectivity index (χ4v) is 1.89. The first-order chi connectivity index (χ1) is 10.1. The van der Waals surface area contributed by atoms with Crippen molar-refractivity contribution in [3.63, 3.8) is 0 Å². The fourth-order valence-electron chi connectivity index (χ4n) is 1.89. The van der Waals surface area contributed by atoms with Crippen LogP contribution in [-0.4, -0.2) is 30.0 Å². The largest absolute Gasteiger partial charge is 0.487 e. The van der Waals surface area contributed by atoms with Gasteiger partial charge in [0.25, 0.3) is 0 Å². The lowest BCUT2D eigenvalue weighted by molar-refractivity contribution is -0.385. The zero-order valence-corrected chi connectivity index (χ0v) is 11.9. The van der Waals surface area contributed by atoms with Crippen molar-refractivity contribution in [1.82, 2.24) is 5.32 Å². The molecule has 0 aromatic heterocycles. The van der Waals surface area contributed by atoms with Crippen LogP contribution in [0, 0.1) is 10.1 Å². The van der Waals surface area contributed by atoms with Gasteiger partial charge >= 0.3 is 5.69 Å². The highest BCUT2D eigenvalue weighted by molar-refractivity contribution is 5.77. The molecule has 0 aliphatic heterocycles. The molecule has 0 saturated heterocycles. The quantitative estimate of drug-likeness (QED) is 0.565. The molecule has 1 amide bonds. The van der Waals surface area contributed by atoms with Gasteiger partial charge < -0.3 is 15.4 Å². The summed E-state index contributed by atoms with van der Waals surface area (Å²) in [6.45, 7) is 2.60. The first kappa shape index (κ1) is 15.1. The summed E-state index contributed by atoms with van der Waals surface area (Å²) in [4.78, 5) is 21.9. The Bertz CT molecular complexity index is 529. The molecule has 0 bridgehead atoms. The number of nitro groups is 1. The highest BCUT2D eigenvalue weighted by Gasteiger charge is 2.22. The summed E-state index contributed by atoms with van der Waals surface area (Å²) in [5.41, 5.74) is 0.636. The third-order valence-corrected chi connectivity index (χ3v) is 3.08. The van der Waals surface area contributed by atoms with Gasteiger partial charge in [0.15, 0.2) is 5.75 Å². The molecule has 0 radical (unpaired) electrons. The van der Waals surface area contributed by atoms with Crippen LogP contribution in [0.1, 0.15) is 26.2 Å². The number of hydrogen-bond acceptors (Lipinski definition) is 5. The minimum atomic E-state index is -0.474. The van der Waals surface area contributed by atoms with Gasteiger partial charge in [0.05, 0.1) is 11.5 Å². The standard InChI is InChI=1S/C14H19N3O4/c1-2-21-13-9-11(5-6-12(13)17(19)20)15-8-7-14(18)16-10-3-4-10/h5-6,9-10,15H,2-4,7-8H2,1H3,(H,16,18). The lowest BCUT2D eigenvalue weighted by Crippen LogP contribution is -2.27. The Morgan fingerprint density at radius 1 is 1.48 bits per heavy atom. The number of carbonyl (C=O) groups is 1. The van der Waals surface area contributed by atoms with E-state index in [9.17, 15) is 14.9 Å². The van der Waals surface area contributed by atoms with Gasteiger partial charge in [0.1, 0.15) is 0 Å². The van der Waals surface area contributed by atoms with E-state index in [-0.39, 0.29) is 17.3 Å².